The molecule has 0 amide bonds. The van der Waals surface area contributed by atoms with Crippen molar-refractivity contribution in [2.75, 3.05) is 13.6 Å². The van der Waals surface area contributed by atoms with Crippen LogP contribution < -0.4 is 0 Å². The zero-order valence-corrected chi connectivity index (χ0v) is 7.55. The molecule has 1 aliphatic rings. The number of likely N-dealkylation sites (tertiary alicyclic amines) is 1. The number of hydrogen-bond donors (Lipinski definition) is 0. The highest BCUT2D eigenvalue weighted by Gasteiger charge is 2.22. The van der Waals surface area contributed by atoms with Gasteiger partial charge in [-0.1, -0.05) is 22.6 Å². The molecule has 48 valence electrons. The average molecular weight is 225 g/mol. The molecule has 0 aromatic heterocycles. The van der Waals surface area contributed by atoms with Gasteiger partial charge in [0, 0.05) is 16.5 Å². The summed E-state index contributed by atoms with van der Waals surface area (Å²) in [6.07, 6.45) is 1.37. The van der Waals surface area contributed by atoms with Crippen LogP contribution in [0.25, 0.3) is 0 Å². The van der Waals surface area contributed by atoms with E-state index in [0.29, 0.717) is 0 Å². The number of halogens is 1. The zero-order chi connectivity index (χ0) is 6.15. The molecule has 0 aliphatic carbocycles. The van der Waals surface area contributed by atoms with Crippen LogP contribution in [-0.2, 0) is 0 Å². The van der Waals surface area contributed by atoms with E-state index >= 15 is 0 Å². The Kier molecular flexibility index (Phi) is 2.14. The van der Waals surface area contributed by atoms with E-state index in [1.165, 1.54) is 13.0 Å². The lowest BCUT2D eigenvalue weighted by atomic mass is 10.2. The third kappa shape index (κ3) is 1.35. The van der Waals surface area contributed by atoms with Crippen molar-refractivity contribution in [1.29, 1.82) is 0 Å². The smallest absolute Gasteiger partial charge is 0.0252 e. The molecule has 2 unspecified atom stereocenters. The van der Waals surface area contributed by atoms with E-state index in [2.05, 4.69) is 41.5 Å². The molecule has 0 radical (unpaired) electrons. The van der Waals surface area contributed by atoms with Gasteiger partial charge in [-0.05, 0) is 20.4 Å². The van der Waals surface area contributed by atoms with Crippen molar-refractivity contribution >= 4 is 22.6 Å². The molecule has 0 saturated carbocycles. The van der Waals surface area contributed by atoms with Crippen molar-refractivity contribution in [2.45, 2.75) is 23.3 Å². The summed E-state index contributed by atoms with van der Waals surface area (Å²) in [7, 11) is 2.20. The summed E-state index contributed by atoms with van der Waals surface area (Å²) in [6, 6.07) is 0.817. The molecule has 1 saturated heterocycles. The average Bonchev–Trinajstić information content (AvgIpc) is 1.85. The van der Waals surface area contributed by atoms with Gasteiger partial charge in [-0.2, -0.15) is 0 Å². The Morgan fingerprint density at radius 3 is 2.38 bits per heavy atom. The van der Waals surface area contributed by atoms with E-state index in [1.54, 1.807) is 0 Å². The fourth-order valence-corrected chi connectivity index (χ4v) is 2.47. The molecule has 0 aromatic carbocycles. The molecule has 1 fully saturated rings. The van der Waals surface area contributed by atoms with Crippen molar-refractivity contribution in [2.24, 2.45) is 0 Å². The minimum Gasteiger partial charge on any atom is -0.303 e. The van der Waals surface area contributed by atoms with Gasteiger partial charge in [0.25, 0.3) is 0 Å². The molecule has 2 heteroatoms. The van der Waals surface area contributed by atoms with Gasteiger partial charge < -0.3 is 4.90 Å². The van der Waals surface area contributed by atoms with E-state index in [1.807, 2.05) is 0 Å². The quantitative estimate of drug-likeness (QED) is 0.446. The number of nitrogens with zero attached hydrogens (tertiary/aromatic N) is 1. The van der Waals surface area contributed by atoms with Gasteiger partial charge in [-0.25, -0.2) is 0 Å². The standard InChI is InChI=1S/C6H12IN/c1-5-3-6(7)4-8(5)2/h5-6H,3-4H2,1-2H3. The lowest BCUT2D eigenvalue weighted by Gasteiger charge is -2.12. The molecule has 0 bridgehead atoms. The molecular weight excluding hydrogens is 213 g/mol. The fraction of sp³-hybridized carbons (Fsp3) is 1.00. The summed E-state index contributed by atoms with van der Waals surface area (Å²) in [5.74, 6) is 0. The van der Waals surface area contributed by atoms with Gasteiger partial charge in [-0.3, -0.25) is 0 Å². The number of rotatable bonds is 0. The Labute approximate surface area is 64.6 Å². The molecule has 1 aliphatic heterocycles. The maximum atomic E-state index is 2.52. The predicted molar refractivity (Wildman–Crippen MR) is 44.5 cm³/mol. The van der Waals surface area contributed by atoms with Crippen LogP contribution in [0.1, 0.15) is 13.3 Å². The monoisotopic (exact) mass is 225 g/mol. The second kappa shape index (κ2) is 2.52. The first-order valence-corrected chi connectivity index (χ1v) is 4.29. The SMILES string of the molecule is CC1CC(I)CN1C. The van der Waals surface area contributed by atoms with Crippen LogP contribution in [0.15, 0.2) is 0 Å². The Morgan fingerprint density at radius 2 is 2.25 bits per heavy atom. The van der Waals surface area contributed by atoms with E-state index in [0.717, 1.165) is 9.97 Å². The van der Waals surface area contributed by atoms with Crippen LogP contribution in [0.3, 0.4) is 0 Å². The molecule has 1 nitrogen and oxygen atoms in total. The highest BCUT2D eigenvalue weighted by molar-refractivity contribution is 14.1. The topological polar surface area (TPSA) is 3.24 Å². The normalized spacial score (nSPS) is 40.9. The Bertz CT molecular complexity index is 74.6. The Morgan fingerprint density at radius 1 is 1.62 bits per heavy atom. The summed E-state index contributed by atoms with van der Waals surface area (Å²) < 4.78 is 0.896. The van der Waals surface area contributed by atoms with E-state index in [4.69, 9.17) is 0 Å². The number of hydrogen-bond acceptors (Lipinski definition) is 1. The minimum atomic E-state index is 0.817. The second-order valence-corrected chi connectivity index (χ2v) is 4.38. The van der Waals surface area contributed by atoms with Gasteiger partial charge in [0.2, 0.25) is 0 Å². The first-order valence-electron chi connectivity index (χ1n) is 3.04. The first-order chi connectivity index (χ1) is 3.70. The zero-order valence-electron chi connectivity index (χ0n) is 5.39. The molecule has 2 atom stereocenters. The van der Waals surface area contributed by atoms with Crippen LogP contribution in [0, 0.1) is 0 Å². The first kappa shape index (κ1) is 6.81. The van der Waals surface area contributed by atoms with Gasteiger partial charge >= 0.3 is 0 Å². The third-order valence-electron chi connectivity index (χ3n) is 1.84. The number of alkyl halides is 1. The predicted octanol–water partition coefficient (Wildman–Crippen LogP) is 1.51. The maximum Gasteiger partial charge on any atom is 0.0252 e. The van der Waals surface area contributed by atoms with Crippen molar-refractivity contribution < 1.29 is 0 Å². The van der Waals surface area contributed by atoms with Gasteiger partial charge in [0.05, 0.1) is 0 Å². The molecule has 0 spiro atoms. The summed E-state index contributed by atoms with van der Waals surface area (Å²) in [5.41, 5.74) is 0. The highest BCUT2D eigenvalue weighted by Crippen LogP contribution is 2.20. The molecule has 0 aromatic rings. The Hall–Kier alpha value is 0.690. The van der Waals surface area contributed by atoms with Crippen molar-refractivity contribution in [1.82, 2.24) is 4.90 Å². The summed E-state index contributed by atoms with van der Waals surface area (Å²) in [6.45, 7) is 3.57. The maximum absolute atomic E-state index is 2.52. The van der Waals surface area contributed by atoms with Crippen molar-refractivity contribution in [3.8, 4) is 0 Å². The van der Waals surface area contributed by atoms with Crippen LogP contribution >= 0.6 is 22.6 Å². The molecule has 8 heavy (non-hydrogen) atoms. The summed E-state index contributed by atoms with van der Waals surface area (Å²) in [4.78, 5) is 2.41. The summed E-state index contributed by atoms with van der Waals surface area (Å²) in [5, 5.41) is 0. The molecule has 0 N–H and O–H groups in total. The fourth-order valence-electron chi connectivity index (χ4n) is 1.12. The second-order valence-electron chi connectivity index (χ2n) is 2.62. The van der Waals surface area contributed by atoms with Gasteiger partial charge in [-0.15, -0.1) is 0 Å². The molecular formula is C6H12IN. The minimum absolute atomic E-state index is 0.817. The third-order valence-corrected chi connectivity index (χ3v) is 2.74. The Balaban J connectivity index is 2.39. The van der Waals surface area contributed by atoms with Crippen molar-refractivity contribution in [3.63, 3.8) is 0 Å². The van der Waals surface area contributed by atoms with Crippen molar-refractivity contribution in [3.05, 3.63) is 0 Å². The van der Waals surface area contributed by atoms with Gasteiger partial charge in [0.1, 0.15) is 0 Å². The van der Waals surface area contributed by atoms with Crippen LogP contribution in [0.5, 0.6) is 0 Å². The lowest BCUT2D eigenvalue weighted by molar-refractivity contribution is 0.331. The van der Waals surface area contributed by atoms with E-state index < -0.39 is 0 Å². The highest BCUT2D eigenvalue weighted by atomic mass is 127. The van der Waals surface area contributed by atoms with E-state index in [9.17, 15) is 0 Å². The lowest BCUT2D eigenvalue weighted by Crippen LogP contribution is -2.21. The van der Waals surface area contributed by atoms with E-state index in [-0.39, 0.29) is 0 Å². The van der Waals surface area contributed by atoms with Crippen LogP contribution in [0.4, 0.5) is 0 Å². The van der Waals surface area contributed by atoms with Crippen LogP contribution in [-0.4, -0.2) is 28.5 Å². The van der Waals surface area contributed by atoms with Gasteiger partial charge in [0.15, 0.2) is 0 Å². The molecule has 1 heterocycles. The largest absolute Gasteiger partial charge is 0.303 e. The summed E-state index contributed by atoms with van der Waals surface area (Å²) >= 11 is 2.52. The van der Waals surface area contributed by atoms with Crippen LogP contribution in [0.2, 0.25) is 0 Å². The molecule has 1 rings (SSSR count).